The highest BCUT2D eigenvalue weighted by Gasteiger charge is 2.30. The maximum Gasteiger partial charge on any atom is 0.416 e. The summed E-state index contributed by atoms with van der Waals surface area (Å²) < 4.78 is 38.4. The molecule has 134 valence electrons. The standard InChI is InChI=1S/C17H19F3N4O/c1-4-10(2)21-15(25)14-8-11(3)22-16(24-14)23-13-7-5-6-12(9-13)17(18,19)20/h5-10H,4H2,1-3H3,(H,21,25)(H,22,23,24). The average Bonchev–Trinajstić information content (AvgIpc) is 2.53. The molecule has 1 aromatic carbocycles. The summed E-state index contributed by atoms with van der Waals surface area (Å²) in [6.07, 6.45) is -3.67. The van der Waals surface area contributed by atoms with E-state index in [9.17, 15) is 18.0 Å². The zero-order chi connectivity index (χ0) is 18.6. The third-order valence-electron chi connectivity index (χ3n) is 3.52. The monoisotopic (exact) mass is 352 g/mol. The molecule has 1 atom stereocenters. The van der Waals surface area contributed by atoms with Crippen LogP contribution in [0.25, 0.3) is 0 Å². The van der Waals surface area contributed by atoms with Crippen molar-refractivity contribution in [1.29, 1.82) is 0 Å². The molecule has 1 unspecified atom stereocenters. The van der Waals surface area contributed by atoms with E-state index in [4.69, 9.17) is 0 Å². The van der Waals surface area contributed by atoms with E-state index >= 15 is 0 Å². The van der Waals surface area contributed by atoms with Crippen molar-refractivity contribution in [1.82, 2.24) is 15.3 Å². The fraction of sp³-hybridized carbons (Fsp3) is 0.353. The molecule has 0 radical (unpaired) electrons. The summed E-state index contributed by atoms with van der Waals surface area (Å²) in [5, 5.41) is 5.50. The van der Waals surface area contributed by atoms with Crippen LogP contribution in [0, 0.1) is 6.92 Å². The highest BCUT2D eigenvalue weighted by molar-refractivity contribution is 5.92. The molecule has 0 spiro atoms. The normalized spacial score (nSPS) is 12.6. The third-order valence-corrected chi connectivity index (χ3v) is 3.52. The van der Waals surface area contributed by atoms with Crippen molar-refractivity contribution in [3.8, 4) is 0 Å². The Morgan fingerprint density at radius 3 is 2.60 bits per heavy atom. The number of halogens is 3. The van der Waals surface area contributed by atoms with Crippen molar-refractivity contribution < 1.29 is 18.0 Å². The number of amides is 1. The second-order valence-corrected chi connectivity index (χ2v) is 5.70. The molecule has 0 saturated carbocycles. The number of nitrogens with one attached hydrogen (secondary N) is 2. The first-order chi connectivity index (χ1) is 11.7. The summed E-state index contributed by atoms with van der Waals surface area (Å²) >= 11 is 0. The minimum absolute atomic E-state index is 0.0114. The molecule has 0 aliphatic heterocycles. The molecule has 2 rings (SSSR count). The van der Waals surface area contributed by atoms with Crippen molar-refractivity contribution in [3.63, 3.8) is 0 Å². The van der Waals surface area contributed by atoms with E-state index in [2.05, 4.69) is 20.6 Å². The topological polar surface area (TPSA) is 66.9 Å². The van der Waals surface area contributed by atoms with Crippen molar-refractivity contribution in [2.75, 3.05) is 5.32 Å². The number of benzene rings is 1. The van der Waals surface area contributed by atoms with Crippen LogP contribution >= 0.6 is 0 Å². The third kappa shape index (κ3) is 5.17. The Kier molecular flexibility index (Phi) is 5.61. The van der Waals surface area contributed by atoms with Crippen molar-refractivity contribution in [3.05, 3.63) is 47.3 Å². The average molecular weight is 352 g/mol. The number of alkyl halides is 3. The molecular weight excluding hydrogens is 333 g/mol. The molecule has 0 aliphatic rings. The van der Waals surface area contributed by atoms with Gasteiger partial charge in [-0.05, 0) is 44.5 Å². The van der Waals surface area contributed by atoms with Gasteiger partial charge in [0.1, 0.15) is 5.69 Å². The highest BCUT2D eigenvalue weighted by atomic mass is 19.4. The van der Waals surface area contributed by atoms with Crippen LogP contribution in [0.3, 0.4) is 0 Å². The number of hydrogen-bond donors (Lipinski definition) is 2. The first-order valence-corrected chi connectivity index (χ1v) is 7.80. The van der Waals surface area contributed by atoms with Crippen molar-refractivity contribution in [2.24, 2.45) is 0 Å². The summed E-state index contributed by atoms with van der Waals surface area (Å²) in [6.45, 7) is 5.49. The summed E-state index contributed by atoms with van der Waals surface area (Å²) in [6, 6.07) is 6.22. The number of rotatable bonds is 5. The van der Waals surface area contributed by atoms with E-state index in [1.165, 1.54) is 18.2 Å². The fourth-order valence-electron chi connectivity index (χ4n) is 2.04. The molecule has 2 aromatic rings. The van der Waals surface area contributed by atoms with Gasteiger partial charge in [-0.15, -0.1) is 0 Å². The maximum absolute atomic E-state index is 12.8. The summed E-state index contributed by atoms with van der Waals surface area (Å²) in [7, 11) is 0. The largest absolute Gasteiger partial charge is 0.416 e. The van der Waals surface area contributed by atoms with Gasteiger partial charge < -0.3 is 10.6 Å². The molecule has 1 aromatic heterocycles. The van der Waals surface area contributed by atoms with E-state index in [1.807, 2.05) is 13.8 Å². The first kappa shape index (κ1) is 18.7. The Morgan fingerprint density at radius 1 is 1.24 bits per heavy atom. The minimum atomic E-state index is -4.44. The van der Waals surface area contributed by atoms with Gasteiger partial charge in [-0.3, -0.25) is 4.79 Å². The molecule has 5 nitrogen and oxygen atoms in total. The second-order valence-electron chi connectivity index (χ2n) is 5.70. The van der Waals surface area contributed by atoms with Gasteiger partial charge in [0.2, 0.25) is 5.95 Å². The fourth-order valence-corrected chi connectivity index (χ4v) is 2.04. The Bertz CT molecular complexity index is 762. The van der Waals surface area contributed by atoms with Gasteiger partial charge in [0.05, 0.1) is 5.56 Å². The quantitative estimate of drug-likeness (QED) is 0.851. The van der Waals surface area contributed by atoms with E-state index in [0.29, 0.717) is 5.69 Å². The SMILES string of the molecule is CCC(C)NC(=O)c1cc(C)nc(Nc2cccc(C(F)(F)F)c2)n1. The van der Waals surface area contributed by atoms with Gasteiger partial charge in [0, 0.05) is 17.4 Å². The number of nitrogens with zero attached hydrogens (tertiary/aromatic N) is 2. The van der Waals surface area contributed by atoms with E-state index in [0.717, 1.165) is 18.6 Å². The lowest BCUT2D eigenvalue weighted by Gasteiger charge is -2.13. The molecule has 0 fully saturated rings. The van der Waals surface area contributed by atoms with Crippen LogP contribution in [-0.4, -0.2) is 21.9 Å². The predicted octanol–water partition coefficient (Wildman–Crippen LogP) is 4.08. The van der Waals surface area contributed by atoms with Crippen LogP contribution < -0.4 is 10.6 Å². The second kappa shape index (κ2) is 7.50. The van der Waals surface area contributed by atoms with E-state index in [1.54, 1.807) is 6.92 Å². The van der Waals surface area contributed by atoms with Crippen molar-refractivity contribution >= 4 is 17.5 Å². The molecule has 8 heteroatoms. The van der Waals surface area contributed by atoms with Gasteiger partial charge in [0.25, 0.3) is 5.91 Å². The molecule has 0 aliphatic carbocycles. The molecule has 1 heterocycles. The van der Waals surface area contributed by atoms with Gasteiger partial charge in [-0.2, -0.15) is 13.2 Å². The number of carbonyl (C=O) groups is 1. The lowest BCUT2D eigenvalue weighted by molar-refractivity contribution is -0.137. The van der Waals surface area contributed by atoms with Crippen LogP contribution in [0.15, 0.2) is 30.3 Å². The Hall–Kier alpha value is -2.64. The molecular formula is C17H19F3N4O. The number of aromatic nitrogens is 2. The number of carbonyl (C=O) groups excluding carboxylic acids is 1. The summed E-state index contributed by atoms with van der Waals surface area (Å²) in [5.41, 5.74) is 0.0923. The van der Waals surface area contributed by atoms with Gasteiger partial charge in [-0.25, -0.2) is 9.97 Å². The zero-order valence-corrected chi connectivity index (χ0v) is 14.1. The number of aryl methyl sites for hydroxylation is 1. The Morgan fingerprint density at radius 2 is 1.96 bits per heavy atom. The van der Waals surface area contributed by atoms with Gasteiger partial charge >= 0.3 is 6.18 Å². The Balaban J connectivity index is 2.25. The Labute approximate surface area is 143 Å². The number of anilines is 2. The van der Waals surface area contributed by atoms with E-state index in [-0.39, 0.29) is 29.3 Å². The van der Waals surface area contributed by atoms with Crippen LogP contribution in [0.4, 0.5) is 24.8 Å². The molecule has 0 bridgehead atoms. The summed E-state index contributed by atoms with van der Waals surface area (Å²) in [4.78, 5) is 20.4. The maximum atomic E-state index is 12.8. The van der Waals surface area contributed by atoms with Gasteiger partial charge in [0.15, 0.2) is 0 Å². The lowest BCUT2D eigenvalue weighted by Crippen LogP contribution is -2.32. The van der Waals surface area contributed by atoms with Crippen LogP contribution in [0.5, 0.6) is 0 Å². The number of hydrogen-bond acceptors (Lipinski definition) is 4. The minimum Gasteiger partial charge on any atom is -0.348 e. The van der Waals surface area contributed by atoms with Gasteiger partial charge in [-0.1, -0.05) is 13.0 Å². The highest BCUT2D eigenvalue weighted by Crippen LogP contribution is 2.31. The molecule has 1 amide bonds. The van der Waals surface area contributed by atoms with Crippen LogP contribution in [0.2, 0.25) is 0 Å². The molecule has 0 saturated heterocycles. The van der Waals surface area contributed by atoms with E-state index < -0.39 is 11.7 Å². The lowest BCUT2D eigenvalue weighted by atomic mass is 10.2. The summed E-state index contributed by atoms with van der Waals surface area (Å²) in [5.74, 6) is -0.291. The van der Waals surface area contributed by atoms with Crippen molar-refractivity contribution in [2.45, 2.75) is 39.4 Å². The molecule has 25 heavy (non-hydrogen) atoms. The molecule has 2 N–H and O–H groups in total. The van der Waals surface area contributed by atoms with Crippen LogP contribution in [-0.2, 0) is 6.18 Å². The first-order valence-electron chi connectivity index (χ1n) is 7.80. The zero-order valence-electron chi connectivity index (χ0n) is 14.1. The smallest absolute Gasteiger partial charge is 0.348 e. The van der Waals surface area contributed by atoms with Crippen LogP contribution in [0.1, 0.15) is 42.0 Å². The predicted molar refractivity (Wildman–Crippen MR) is 88.7 cm³/mol.